The maximum absolute atomic E-state index is 12.5. The number of carbonyl (C=O) groups is 1. The molecule has 0 saturated carbocycles. The number of hydrogen-bond acceptors (Lipinski definition) is 5. The maximum Gasteiger partial charge on any atom is 0.227 e. The highest BCUT2D eigenvalue weighted by Crippen LogP contribution is 2.33. The Bertz CT molecular complexity index is 992. The lowest BCUT2D eigenvalue weighted by Gasteiger charge is -2.23. The number of thiophene rings is 1. The molecule has 2 aromatic heterocycles. The van der Waals surface area contributed by atoms with Crippen molar-refractivity contribution in [1.29, 1.82) is 0 Å². The molecule has 0 spiro atoms. The van der Waals surface area contributed by atoms with Gasteiger partial charge in [-0.3, -0.25) is 4.79 Å². The van der Waals surface area contributed by atoms with Crippen molar-refractivity contribution in [3.05, 3.63) is 52.0 Å². The van der Waals surface area contributed by atoms with Crippen molar-refractivity contribution < 1.29 is 9.53 Å². The number of ether oxygens (including phenoxy) is 1. The minimum absolute atomic E-state index is 0.0309. The molecule has 1 atom stereocenters. The van der Waals surface area contributed by atoms with Gasteiger partial charge in [-0.1, -0.05) is 0 Å². The van der Waals surface area contributed by atoms with Crippen molar-refractivity contribution in [3.8, 4) is 11.4 Å². The Hall–Kier alpha value is -2.51. The predicted molar refractivity (Wildman–Crippen MR) is 108 cm³/mol. The number of aryl methyl sites for hydroxylation is 1. The monoisotopic (exact) mass is 394 g/mol. The summed E-state index contributed by atoms with van der Waals surface area (Å²) in [5, 5.41) is 13.7. The van der Waals surface area contributed by atoms with E-state index in [0.29, 0.717) is 13.0 Å². The van der Waals surface area contributed by atoms with Crippen LogP contribution in [0, 0.1) is 0 Å². The van der Waals surface area contributed by atoms with Crippen molar-refractivity contribution in [2.45, 2.75) is 44.8 Å². The van der Waals surface area contributed by atoms with E-state index in [1.807, 2.05) is 24.3 Å². The normalized spacial score (nSPS) is 18.4. The van der Waals surface area contributed by atoms with Gasteiger partial charge < -0.3 is 14.6 Å². The summed E-state index contributed by atoms with van der Waals surface area (Å²) >= 11 is 1.75. The van der Waals surface area contributed by atoms with Gasteiger partial charge in [-0.25, -0.2) is 0 Å². The molecule has 0 radical (unpaired) electrons. The molecule has 0 bridgehead atoms. The van der Waals surface area contributed by atoms with Crippen LogP contribution in [0.15, 0.2) is 35.7 Å². The van der Waals surface area contributed by atoms with Crippen LogP contribution >= 0.6 is 11.3 Å². The van der Waals surface area contributed by atoms with E-state index >= 15 is 0 Å². The fourth-order valence-corrected chi connectivity index (χ4v) is 4.91. The molecule has 0 saturated heterocycles. The predicted octanol–water partition coefficient (Wildman–Crippen LogP) is 3.99. The van der Waals surface area contributed by atoms with Gasteiger partial charge in [0.25, 0.3) is 0 Å². The lowest BCUT2D eigenvalue weighted by Crippen LogP contribution is -2.21. The number of amides is 1. The second-order valence-electron chi connectivity index (χ2n) is 7.29. The molecule has 1 aromatic carbocycles. The lowest BCUT2D eigenvalue weighted by atomic mass is 10.0. The minimum atomic E-state index is -0.142. The molecule has 144 valence electrons. The fraction of sp³-hybridized carbons (Fsp3) is 0.381. The molecular weight excluding hydrogens is 372 g/mol. The Morgan fingerprint density at radius 3 is 2.96 bits per heavy atom. The third-order valence-corrected chi connectivity index (χ3v) is 6.43. The number of benzene rings is 1. The topological polar surface area (TPSA) is 69.0 Å². The Morgan fingerprint density at radius 1 is 1.18 bits per heavy atom. The van der Waals surface area contributed by atoms with Crippen LogP contribution < -0.4 is 5.32 Å². The Labute approximate surface area is 167 Å². The zero-order valence-electron chi connectivity index (χ0n) is 15.6. The van der Waals surface area contributed by atoms with Crippen molar-refractivity contribution in [3.63, 3.8) is 0 Å². The third kappa shape index (κ3) is 3.36. The van der Waals surface area contributed by atoms with Gasteiger partial charge in [0.2, 0.25) is 5.91 Å². The average Bonchev–Trinajstić information content (AvgIpc) is 3.36. The number of anilines is 1. The van der Waals surface area contributed by atoms with Gasteiger partial charge >= 0.3 is 0 Å². The molecule has 1 amide bonds. The van der Waals surface area contributed by atoms with Crippen LogP contribution in [0.2, 0.25) is 0 Å². The molecule has 4 heterocycles. The van der Waals surface area contributed by atoms with Crippen LogP contribution in [0.3, 0.4) is 0 Å². The van der Waals surface area contributed by atoms with Crippen molar-refractivity contribution in [1.82, 2.24) is 14.8 Å². The van der Waals surface area contributed by atoms with E-state index in [1.165, 1.54) is 23.3 Å². The minimum Gasteiger partial charge on any atom is -0.373 e. The summed E-state index contributed by atoms with van der Waals surface area (Å²) < 4.78 is 8.02. The highest BCUT2D eigenvalue weighted by atomic mass is 32.1. The summed E-state index contributed by atoms with van der Waals surface area (Å²) in [4.78, 5) is 13.8. The van der Waals surface area contributed by atoms with E-state index < -0.39 is 0 Å². The molecule has 28 heavy (non-hydrogen) atoms. The van der Waals surface area contributed by atoms with E-state index in [9.17, 15) is 4.79 Å². The molecule has 5 rings (SSSR count). The largest absolute Gasteiger partial charge is 0.373 e. The first-order valence-electron chi connectivity index (χ1n) is 9.78. The van der Waals surface area contributed by atoms with Crippen molar-refractivity contribution >= 4 is 22.9 Å². The summed E-state index contributed by atoms with van der Waals surface area (Å²) in [7, 11) is 0. The van der Waals surface area contributed by atoms with Gasteiger partial charge in [0.1, 0.15) is 5.82 Å². The number of hydrogen-bond donors (Lipinski definition) is 1. The summed E-state index contributed by atoms with van der Waals surface area (Å²) in [5.41, 5.74) is 2.98. The summed E-state index contributed by atoms with van der Waals surface area (Å²) in [5.74, 6) is 1.95. The molecule has 0 aliphatic carbocycles. The maximum atomic E-state index is 12.5. The quantitative estimate of drug-likeness (QED) is 0.727. The number of rotatable bonds is 4. The van der Waals surface area contributed by atoms with Crippen LogP contribution in [0.4, 0.5) is 5.69 Å². The Balaban J connectivity index is 1.26. The van der Waals surface area contributed by atoms with Gasteiger partial charge in [-0.05, 0) is 54.1 Å². The zero-order valence-corrected chi connectivity index (χ0v) is 16.4. The second kappa shape index (κ2) is 7.48. The highest BCUT2D eigenvalue weighted by Gasteiger charge is 2.24. The third-order valence-electron chi connectivity index (χ3n) is 5.43. The first kappa shape index (κ1) is 17.6. The Kier molecular flexibility index (Phi) is 4.70. The van der Waals surface area contributed by atoms with E-state index in [2.05, 4.69) is 31.5 Å². The van der Waals surface area contributed by atoms with E-state index in [4.69, 9.17) is 4.74 Å². The van der Waals surface area contributed by atoms with Crippen LogP contribution in [-0.2, 0) is 28.9 Å². The first-order chi connectivity index (χ1) is 13.8. The molecule has 2 aliphatic rings. The molecule has 7 heteroatoms. The van der Waals surface area contributed by atoms with Crippen LogP contribution in [0.5, 0.6) is 0 Å². The molecular formula is C21H22N4O2S. The number of fused-ring (bicyclic) bond motifs is 2. The Morgan fingerprint density at radius 2 is 2.07 bits per heavy atom. The number of nitrogens with zero attached hydrogens (tertiary/aromatic N) is 3. The zero-order chi connectivity index (χ0) is 18.9. The lowest BCUT2D eigenvalue weighted by molar-refractivity contribution is -0.119. The van der Waals surface area contributed by atoms with Gasteiger partial charge in [-0.2, -0.15) is 0 Å². The number of nitrogens with one attached hydrogen (secondary N) is 1. The van der Waals surface area contributed by atoms with E-state index in [0.717, 1.165) is 42.3 Å². The van der Waals surface area contributed by atoms with Gasteiger partial charge in [0.05, 0.1) is 19.1 Å². The van der Waals surface area contributed by atoms with E-state index in [-0.39, 0.29) is 12.0 Å². The summed E-state index contributed by atoms with van der Waals surface area (Å²) in [6, 6.07) is 9.92. The molecule has 3 aromatic rings. The fourth-order valence-electron chi connectivity index (χ4n) is 4.00. The SMILES string of the molecule is O=C(C[C@H]1OCCc2sccc21)Nc1ccc(-c2nnc3n2CCCC3)cc1. The van der Waals surface area contributed by atoms with Crippen molar-refractivity contribution in [2.75, 3.05) is 11.9 Å². The van der Waals surface area contributed by atoms with E-state index in [1.54, 1.807) is 11.3 Å². The molecule has 6 nitrogen and oxygen atoms in total. The average molecular weight is 395 g/mol. The first-order valence-corrected chi connectivity index (χ1v) is 10.7. The van der Waals surface area contributed by atoms with Crippen LogP contribution in [0.1, 0.15) is 41.6 Å². The molecule has 1 N–H and O–H groups in total. The smallest absolute Gasteiger partial charge is 0.227 e. The van der Waals surface area contributed by atoms with Gasteiger partial charge in [0, 0.05) is 35.5 Å². The van der Waals surface area contributed by atoms with Gasteiger partial charge in [0.15, 0.2) is 5.82 Å². The molecule has 0 unspecified atom stereocenters. The van der Waals surface area contributed by atoms with Crippen molar-refractivity contribution in [2.24, 2.45) is 0 Å². The highest BCUT2D eigenvalue weighted by molar-refractivity contribution is 7.10. The summed E-state index contributed by atoms with van der Waals surface area (Å²) in [6.45, 7) is 1.66. The molecule has 2 aliphatic heterocycles. The standard InChI is InChI=1S/C21H22N4O2S/c26-20(13-17-16-9-12-28-18(16)8-11-27-17)22-15-6-4-14(5-7-15)21-24-23-19-3-1-2-10-25(19)21/h4-7,9,12,17H,1-3,8,10-11,13H2,(H,22,26)/t17-/m1/s1. The number of carbonyl (C=O) groups excluding carboxylic acids is 1. The number of aromatic nitrogens is 3. The second-order valence-corrected chi connectivity index (χ2v) is 8.29. The summed E-state index contributed by atoms with van der Waals surface area (Å²) in [6.07, 6.45) is 4.48. The van der Waals surface area contributed by atoms with Crippen LogP contribution in [-0.4, -0.2) is 27.3 Å². The van der Waals surface area contributed by atoms with Crippen LogP contribution in [0.25, 0.3) is 11.4 Å². The molecule has 0 fully saturated rings. The van der Waals surface area contributed by atoms with Gasteiger partial charge in [-0.15, -0.1) is 21.5 Å².